The Labute approximate surface area is 171 Å². The molecule has 0 radical (unpaired) electrons. The van der Waals surface area contributed by atoms with Crippen molar-refractivity contribution < 1.29 is 22.4 Å². The van der Waals surface area contributed by atoms with Crippen LogP contribution < -0.4 is 0 Å². The monoisotopic (exact) mass is 434 g/mol. The van der Waals surface area contributed by atoms with Gasteiger partial charge in [0, 0.05) is 17.3 Å². The maximum absolute atomic E-state index is 14.4. The van der Waals surface area contributed by atoms with Crippen molar-refractivity contribution in [3.05, 3.63) is 64.6 Å². The topological polar surface area (TPSA) is 99.6 Å². The van der Waals surface area contributed by atoms with Crippen molar-refractivity contribution in [2.45, 2.75) is 13.0 Å². The SMILES string of the molecule is O=Cc1ccc(-c2cn(Cc3ncc(-c4nnc(C(F)F)o4)cc3F)nn2)c(Cl)c1. The summed E-state index contributed by atoms with van der Waals surface area (Å²) in [5.41, 5.74) is 1.51. The number of alkyl halides is 2. The van der Waals surface area contributed by atoms with Gasteiger partial charge in [-0.3, -0.25) is 9.78 Å². The van der Waals surface area contributed by atoms with Crippen LogP contribution in [0, 0.1) is 5.82 Å². The standard InChI is InChI=1S/C18H10ClF3N6O2/c19-12-3-9(8-29)1-2-11(12)14-6-28(27-24-14)7-15-13(20)4-10(5-23-15)17-25-26-18(30-17)16(21)22/h1-6,8,16H,7H2. The predicted molar refractivity (Wildman–Crippen MR) is 97.4 cm³/mol. The lowest BCUT2D eigenvalue weighted by Crippen LogP contribution is -2.05. The van der Waals surface area contributed by atoms with Crippen molar-refractivity contribution in [2.24, 2.45) is 0 Å². The molecule has 152 valence electrons. The summed E-state index contributed by atoms with van der Waals surface area (Å²) in [6.45, 7) is -0.0464. The molecule has 12 heteroatoms. The van der Waals surface area contributed by atoms with Crippen LogP contribution in [0.25, 0.3) is 22.7 Å². The molecular formula is C18H10ClF3N6O2. The largest absolute Gasteiger partial charge is 0.415 e. The Morgan fingerprint density at radius 2 is 2.03 bits per heavy atom. The lowest BCUT2D eigenvalue weighted by molar-refractivity contribution is 0.112. The number of carbonyl (C=O) groups is 1. The van der Waals surface area contributed by atoms with E-state index in [-0.39, 0.29) is 23.7 Å². The van der Waals surface area contributed by atoms with Crippen LogP contribution >= 0.6 is 11.6 Å². The molecule has 0 bridgehead atoms. The fraction of sp³-hybridized carbons (Fsp3) is 0.111. The van der Waals surface area contributed by atoms with E-state index in [1.807, 2.05) is 0 Å². The summed E-state index contributed by atoms with van der Waals surface area (Å²) in [6, 6.07) is 5.77. The fourth-order valence-electron chi connectivity index (χ4n) is 2.60. The van der Waals surface area contributed by atoms with Crippen molar-refractivity contribution in [3.63, 3.8) is 0 Å². The van der Waals surface area contributed by atoms with E-state index in [4.69, 9.17) is 16.0 Å². The fourth-order valence-corrected chi connectivity index (χ4v) is 2.89. The molecule has 0 aliphatic carbocycles. The molecule has 3 aromatic heterocycles. The van der Waals surface area contributed by atoms with E-state index in [1.54, 1.807) is 18.3 Å². The lowest BCUT2D eigenvalue weighted by Gasteiger charge is -2.03. The third-order valence-electron chi connectivity index (χ3n) is 4.05. The Kier molecular flexibility index (Phi) is 5.27. The molecule has 0 amide bonds. The van der Waals surface area contributed by atoms with Gasteiger partial charge in [0.2, 0.25) is 5.89 Å². The Morgan fingerprint density at radius 3 is 2.70 bits per heavy atom. The summed E-state index contributed by atoms with van der Waals surface area (Å²) in [4.78, 5) is 14.8. The molecule has 0 saturated carbocycles. The number of halogens is 4. The van der Waals surface area contributed by atoms with E-state index >= 15 is 0 Å². The minimum absolute atomic E-state index is 0.0335. The van der Waals surface area contributed by atoms with Crippen molar-refractivity contribution in [1.29, 1.82) is 0 Å². The molecule has 0 aliphatic heterocycles. The number of hydrogen-bond donors (Lipinski definition) is 0. The van der Waals surface area contributed by atoms with Gasteiger partial charge in [0.05, 0.1) is 29.0 Å². The number of pyridine rings is 1. The average molecular weight is 435 g/mol. The summed E-state index contributed by atoms with van der Waals surface area (Å²) < 4.78 is 45.7. The zero-order valence-electron chi connectivity index (χ0n) is 14.8. The van der Waals surface area contributed by atoms with Crippen LogP contribution in [0.15, 0.2) is 41.1 Å². The van der Waals surface area contributed by atoms with Crippen LogP contribution in [0.4, 0.5) is 13.2 Å². The Bertz CT molecular complexity index is 1230. The molecule has 0 spiro atoms. The van der Waals surface area contributed by atoms with E-state index in [9.17, 15) is 18.0 Å². The summed E-state index contributed by atoms with van der Waals surface area (Å²) in [5, 5.41) is 14.9. The van der Waals surface area contributed by atoms with Gasteiger partial charge in [0.25, 0.3) is 5.89 Å². The zero-order valence-corrected chi connectivity index (χ0v) is 15.6. The molecule has 0 aliphatic rings. The maximum Gasteiger partial charge on any atom is 0.314 e. The normalized spacial score (nSPS) is 11.2. The van der Waals surface area contributed by atoms with Gasteiger partial charge in [-0.1, -0.05) is 28.9 Å². The number of aldehydes is 1. The van der Waals surface area contributed by atoms with E-state index in [0.29, 0.717) is 28.1 Å². The molecule has 0 N–H and O–H groups in total. The number of rotatable bonds is 6. The van der Waals surface area contributed by atoms with Crippen molar-refractivity contribution >= 4 is 17.9 Å². The van der Waals surface area contributed by atoms with Gasteiger partial charge in [0.1, 0.15) is 17.8 Å². The number of aromatic nitrogens is 6. The molecule has 0 fully saturated rings. The van der Waals surface area contributed by atoms with Gasteiger partial charge in [-0.15, -0.1) is 15.3 Å². The van der Waals surface area contributed by atoms with Gasteiger partial charge < -0.3 is 4.42 Å². The number of nitrogens with zero attached hydrogens (tertiary/aromatic N) is 6. The van der Waals surface area contributed by atoms with Gasteiger partial charge in [-0.25, -0.2) is 9.07 Å². The smallest absolute Gasteiger partial charge is 0.314 e. The minimum Gasteiger partial charge on any atom is -0.415 e. The molecule has 30 heavy (non-hydrogen) atoms. The molecule has 0 saturated heterocycles. The minimum atomic E-state index is -2.92. The van der Waals surface area contributed by atoms with Crippen LogP contribution in [0.2, 0.25) is 5.02 Å². The summed E-state index contributed by atoms with van der Waals surface area (Å²) in [6.07, 6.45) is 0.526. The summed E-state index contributed by atoms with van der Waals surface area (Å²) in [5.74, 6) is -1.83. The first-order valence-electron chi connectivity index (χ1n) is 8.36. The summed E-state index contributed by atoms with van der Waals surface area (Å²) in [7, 11) is 0. The highest BCUT2D eigenvalue weighted by molar-refractivity contribution is 6.33. The molecule has 4 aromatic rings. The molecule has 8 nitrogen and oxygen atoms in total. The second-order valence-corrected chi connectivity index (χ2v) is 6.46. The molecule has 1 aromatic carbocycles. The van der Waals surface area contributed by atoms with Crippen LogP contribution in [0.1, 0.15) is 28.4 Å². The van der Waals surface area contributed by atoms with Crippen molar-refractivity contribution in [2.75, 3.05) is 0 Å². The zero-order chi connectivity index (χ0) is 21.3. The third-order valence-corrected chi connectivity index (χ3v) is 4.36. The number of carbonyl (C=O) groups excluding carboxylic acids is 1. The molecule has 0 atom stereocenters. The first-order chi connectivity index (χ1) is 14.4. The van der Waals surface area contributed by atoms with E-state index in [1.165, 1.54) is 16.9 Å². The lowest BCUT2D eigenvalue weighted by atomic mass is 10.1. The van der Waals surface area contributed by atoms with Crippen LogP contribution in [0.3, 0.4) is 0 Å². The van der Waals surface area contributed by atoms with E-state index in [2.05, 4.69) is 25.5 Å². The average Bonchev–Trinajstić information content (AvgIpc) is 3.39. The molecular weight excluding hydrogens is 425 g/mol. The highest BCUT2D eigenvalue weighted by Gasteiger charge is 2.18. The molecule has 3 heterocycles. The highest BCUT2D eigenvalue weighted by atomic mass is 35.5. The van der Waals surface area contributed by atoms with Crippen LogP contribution in [0.5, 0.6) is 0 Å². The highest BCUT2D eigenvalue weighted by Crippen LogP contribution is 2.27. The Hall–Kier alpha value is -3.60. The summed E-state index contributed by atoms with van der Waals surface area (Å²) >= 11 is 6.16. The predicted octanol–water partition coefficient (Wildman–Crippen LogP) is 3.98. The van der Waals surface area contributed by atoms with Crippen LogP contribution in [-0.4, -0.2) is 36.5 Å². The van der Waals surface area contributed by atoms with Crippen molar-refractivity contribution in [3.8, 4) is 22.7 Å². The third kappa shape index (κ3) is 3.92. The van der Waals surface area contributed by atoms with Crippen molar-refractivity contribution in [1.82, 2.24) is 30.2 Å². The quantitative estimate of drug-likeness (QED) is 0.423. The number of hydrogen-bond acceptors (Lipinski definition) is 7. The van der Waals surface area contributed by atoms with Gasteiger partial charge in [0.15, 0.2) is 0 Å². The molecule has 0 unspecified atom stereocenters. The number of benzene rings is 1. The Balaban J connectivity index is 1.54. The van der Waals surface area contributed by atoms with Gasteiger partial charge in [-0.05, 0) is 12.1 Å². The maximum atomic E-state index is 14.4. The van der Waals surface area contributed by atoms with Gasteiger partial charge in [-0.2, -0.15) is 8.78 Å². The second kappa shape index (κ2) is 8.03. The second-order valence-electron chi connectivity index (χ2n) is 6.06. The first-order valence-corrected chi connectivity index (χ1v) is 8.74. The van der Waals surface area contributed by atoms with E-state index < -0.39 is 18.1 Å². The van der Waals surface area contributed by atoms with Crippen LogP contribution in [-0.2, 0) is 6.54 Å². The molecule has 4 rings (SSSR count). The Morgan fingerprint density at radius 1 is 1.20 bits per heavy atom. The van der Waals surface area contributed by atoms with E-state index in [0.717, 1.165) is 6.07 Å². The first kappa shape index (κ1) is 19.7. The van der Waals surface area contributed by atoms with Gasteiger partial charge >= 0.3 is 6.43 Å².